The fraction of sp³-hybridized carbons (Fsp3) is 0.818. The number of carbonyl (C=O) groups excluding carboxylic acids is 2. The summed E-state index contributed by atoms with van der Waals surface area (Å²) < 4.78 is 0. The van der Waals surface area contributed by atoms with Crippen molar-refractivity contribution in [1.82, 2.24) is 0 Å². The summed E-state index contributed by atoms with van der Waals surface area (Å²) in [6.07, 6.45) is 4.78. The second-order valence-corrected chi connectivity index (χ2v) is 10.8. The molecule has 4 nitrogen and oxygen atoms in total. The van der Waals surface area contributed by atoms with Crippen molar-refractivity contribution in [2.75, 3.05) is 0 Å². The zero-order valence-electron chi connectivity index (χ0n) is 16.2. The highest BCUT2D eigenvalue weighted by Gasteiger charge is 2.71. The second kappa shape index (κ2) is 5.25. The SMILES string of the molecule is CC(=O)[C@@]1(O)CC[C@H]2[C@@H]3[C@H](O)[C@@H](Cl)C4=CC(=O)[C@@H]5C[C@@H]5[C@]4(C)[C@H]3CC[C@@]21C. The van der Waals surface area contributed by atoms with Crippen LogP contribution in [0.3, 0.4) is 0 Å². The highest BCUT2D eigenvalue weighted by atomic mass is 35.5. The van der Waals surface area contributed by atoms with Gasteiger partial charge in [-0.3, -0.25) is 9.59 Å². The predicted molar refractivity (Wildman–Crippen MR) is 101 cm³/mol. The number of halogens is 1. The Morgan fingerprint density at radius 1 is 1.19 bits per heavy atom. The van der Waals surface area contributed by atoms with Crippen molar-refractivity contribution in [3.8, 4) is 0 Å². The van der Waals surface area contributed by atoms with E-state index in [1.807, 2.05) is 6.92 Å². The highest BCUT2D eigenvalue weighted by Crippen LogP contribution is 2.72. The fourth-order valence-corrected chi connectivity index (χ4v) is 8.48. The molecular formula is C22H29ClO4. The van der Waals surface area contributed by atoms with E-state index in [0.29, 0.717) is 12.3 Å². The van der Waals surface area contributed by atoms with Gasteiger partial charge in [0.15, 0.2) is 11.6 Å². The molecule has 0 saturated heterocycles. The molecule has 0 radical (unpaired) electrons. The Hall–Kier alpha value is -0.710. The first-order chi connectivity index (χ1) is 12.6. The van der Waals surface area contributed by atoms with Gasteiger partial charge in [-0.05, 0) is 79.8 Å². The Labute approximate surface area is 165 Å². The summed E-state index contributed by atoms with van der Waals surface area (Å²) in [6, 6.07) is 0. The first-order valence-electron chi connectivity index (χ1n) is 10.4. The Morgan fingerprint density at radius 3 is 2.52 bits per heavy atom. The smallest absolute Gasteiger partial charge is 0.161 e. The molecule has 0 unspecified atom stereocenters. The van der Waals surface area contributed by atoms with E-state index in [4.69, 9.17) is 11.6 Å². The standard InChI is InChI=1S/C22H29ClO4/c1-10(24)22(27)7-5-12-17-13(4-6-20(12,22)2)21(3)14-8-11(14)16(25)9-15(21)18(23)19(17)26/h9,11-14,17-19,26-27H,4-8H2,1-3H3/t11-,12+,13+,14+,17+,18+,19+,20+,21+,22+/m1/s1. The molecule has 0 bridgehead atoms. The van der Waals surface area contributed by atoms with E-state index in [0.717, 1.165) is 31.3 Å². The van der Waals surface area contributed by atoms with Gasteiger partial charge in [-0.1, -0.05) is 13.8 Å². The summed E-state index contributed by atoms with van der Waals surface area (Å²) in [5, 5.41) is 21.9. The lowest BCUT2D eigenvalue weighted by Gasteiger charge is -2.61. The van der Waals surface area contributed by atoms with Gasteiger partial charge in [-0.25, -0.2) is 0 Å². The quantitative estimate of drug-likeness (QED) is 0.673. The van der Waals surface area contributed by atoms with Crippen LogP contribution in [0.4, 0.5) is 0 Å². The number of fused-ring (bicyclic) bond motifs is 7. The average molecular weight is 393 g/mol. The molecule has 148 valence electrons. The molecule has 0 spiro atoms. The summed E-state index contributed by atoms with van der Waals surface area (Å²) in [7, 11) is 0. The minimum absolute atomic E-state index is 0.0313. The maximum absolute atomic E-state index is 12.4. The number of aliphatic hydroxyl groups excluding tert-OH is 1. The van der Waals surface area contributed by atoms with Crippen LogP contribution in [0.5, 0.6) is 0 Å². The van der Waals surface area contributed by atoms with Gasteiger partial charge in [-0.15, -0.1) is 11.6 Å². The molecule has 10 atom stereocenters. The van der Waals surface area contributed by atoms with Crippen molar-refractivity contribution in [2.45, 2.75) is 70.0 Å². The number of ketones is 2. The van der Waals surface area contributed by atoms with Crippen LogP contribution in [0.25, 0.3) is 0 Å². The topological polar surface area (TPSA) is 74.6 Å². The number of aliphatic hydroxyl groups is 2. The van der Waals surface area contributed by atoms with Crippen LogP contribution in [0.1, 0.15) is 52.9 Å². The van der Waals surface area contributed by atoms with E-state index in [1.165, 1.54) is 6.92 Å². The molecule has 5 heteroatoms. The Morgan fingerprint density at radius 2 is 1.85 bits per heavy atom. The maximum atomic E-state index is 12.4. The molecule has 4 saturated carbocycles. The molecule has 5 aliphatic rings. The number of hydrogen-bond acceptors (Lipinski definition) is 4. The molecule has 5 aliphatic carbocycles. The van der Waals surface area contributed by atoms with Crippen LogP contribution in [0, 0.1) is 40.4 Å². The number of alkyl halides is 1. The number of carbonyl (C=O) groups is 2. The largest absolute Gasteiger partial charge is 0.391 e. The van der Waals surface area contributed by atoms with Crippen LogP contribution < -0.4 is 0 Å². The molecule has 5 rings (SSSR count). The highest BCUT2D eigenvalue weighted by molar-refractivity contribution is 6.23. The van der Waals surface area contributed by atoms with Gasteiger partial charge in [-0.2, -0.15) is 0 Å². The van der Waals surface area contributed by atoms with Crippen LogP contribution in [-0.2, 0) is 9.59 Å². The zero-order chi connectivity index (χ0) is 19.5. The zero-order valence-corrected chi connectivity index (χ0v) is 17.0. The third-order valence-corrected chi connectivity index (χ3v) is 10.2. The van der Waals surface area contributed by atoms with E-state index in [2.05, 4.69) is 6.92 Å². The summed E-state index contributed by atoms with van der Waals surface area (Å²) in [5.74, 6) is 0.788. The summed E-state index contributed by atoms with van der Waals surface area (Å²) in [4.78, 5) is 24.7. The fourth-order valence-electron chi connectivity index (χ4n) is 8.01. The van der Waals surface area contributed by atoms with E-state index < -0.39 is 22.5 Å². The first-order valence-corrected chi connectivity index (χ1v) is 10.8. The van der Waals surface area contributed by atoms with Crippen LogP contribution in [-0.4, -0.2) is 38.9 Å². The molecular weight excluding hydrogens is 364 g/mol. The summed E-state index contributed by atoms with van der Waals surface area (Å²) in [6.45, 7) is 5.78. The minimum atomic E-state index is -1.30. The van der Waals surface area contributed by atoms with Gasteiger partial charge in [0.25, 0.3) is 0 Å². The van der Waals surface area contributed by atoms with Crippen LogP contribution in [0.15, 0.2) is 11.6 Å². The lowest BCUT2D eigenvalue weighted by atomic mass is 9.45. The normalized spacial score (nSPS) is 58.5. The molecule has 27 heavy (non-hydrogen) atoms. The molecule has 0 amide bonds. The Kier molecular flexibility index (Phi) is 3.57. The third-order valence-electron chi connectivity index (χ3n) is 9.67. The van der Waals surface area contributed by atoms with Gasteiger partial charge in [0.05, 0.1) is 11.5 Å². The Balaban J connectivity index is 1.60. The van der Waals surface area contributed by atoms with Gasteiger partial charge < -0.3 is 10.2 Å². The molecule has 4 fully saturated rings. The number of hydrogen-bond donors (Lipinski definition) is 2. The maximum Gasteiger partial charge on any atom is 0.161 e. The monoisotopic (exact) mass is 392 g/mol. The number of rotatable bonds is 1. The molecule has 0 heterocycles. The van der Waals surface area contributed by atoms with Crippen molar-refractivity contribution >= 4 is 23.2 Å². The van der Waals surface area contributed by atoms with Gasteiger partial charge in [0, 0.05) is 11.3 Å². The van der Waals surface area contributed by atoms with Crippen molar-refractivity contribution in [3.63, 3.8) is 0 Å². The second-order valence-electron chi connectivity index (χ2n) is 10.3. The van der Waals surface area contributed by atoms with Crippen LogP contribution >= 0.6 is 11.6 Å². The van der Waals surface area contributed by atoms with Crippen molar-refractivity contribution in [3.05, 3.63) is 11.6 Å². The van der Waals surface area contributed by atoms with E-state index >= 15 is 0 Å². The summed E-state index contributed by atoms with van der Waals surface area (Å²) in [5.41, 5.74) is -1.02. The minimum Gasteiger partial charge on any atom is -0.391 e. The first kappa shape index (κ1) is 18.3. The van der Waals surface area contributed by atoms with E-state index in [9.17, 15) is 19.8 Å². The molecule has 0 aliphatic heterocycles. The van der Waals surface area contributed by atoms with Crippen molar-refractivity contribution in [2.24, 2.45) is 40.4 Å². The Bertz CT molecular complexity index is 776. The van der Waals surface area contributed by atoms with E-state index in [-0.39, 0.29) is 40.7 Å². The molecule has 0 aromatic rings. The van der Waals surface area contributed by atoms with Crippen LogP contribution in [0.2, 0.25) is 0 Å². The lowest BCUT2D eigenvalue weighted by Crippen LogP contribution is -2.62. The average Bonchev–Trinajstić information content (AvgIpc) is 3.38. The predicted octanol–water partition coefficient (Wildman–Crippen LogP) is 2.88. The van der Waals surface area contributed by atoms with Gasteiger partial charge in [0.2, 0.25) is 0 Å². The van der Waals surface area contributed by atoms with Crippen molar-refractivity contribution < 1.29 is 19.8 Å². The van der Waals surface area contributed by atoms with Gasteiger partial charge >= 0.3 is 0 Å². The molecule has 0 aromatic carbocycles. The molecule has 0 aromatic heterocycles. The number of Topliss-reactive ketones (excluding diaryl/α,β-unsaturated/α-hetero) is 1. The van der Waals surface area contributed by atoms with Crippen molar-refractivity contribution in [1.29, 1.82) is 0 Å². The van der Waals surface area contributed by atoms with E-state index in [1.54, 1.807) is 6.08 Å². The third kappa shape index (κ3) is 1.93. The summed E-state index contributed by atoms with van der Waals surface area (Å²) >= 11 is 6.77. The lowest BCUT2D eigenvalue weighted by molar-refractivity contribution is -0.169. The van der Waals surface area contributed by atoms with Gasteiger partial charge in [0.1, 0.15) is 5.60 Å². The molecule has 2 N–H and O–H groups in total.